The van der Waals surface area contributed by atoms with Crippen molar-refractivity contribution >= 4 is 15.5 Å². The minimum absolute atomic E-state index is 0.0399. The molecule has 0 N–H and O–H groups in total. The first kappa shape index (κ1) is 17.0. The molecule has 6 nitrogen and oxygen atoms in total. The minimum Gasteiger partial charge on any atom is -0.318 e. The molecular weight excluding hydrogens is 350 g/mol. The predicted octanol–water partition coefficient (Wildman–Crippen LogP) is 2.72. The number of aryl methyl sites for hydroxylation is 2. The van der Waals surface area contributed by atoms with E-state index in [-0.39, 0.29) is 15.8 Å². The van der Waals surface area contributed by atoms with Crippen molar-refractivity contribution in [1.82, 2.24) is 14.0 Å². The van der Waals surface area contributed by atoms with Gasteiger partial charge in [-0.1, -0.05) is 12.8 Å². The van der Waals surface area contributed by atoms with E-state index in [2.05, 4.69) is 4.98 Å². The van der Waals surface area contributed by atoms with Gasteiger partial charge >= 0.3 is 0 Å². The summed E-state index contributed by atoms with van der Waals surface area (Å²) >= 11 is 0. The van der Waals surface area contributed by atoms with Crippen molar-refractivity contribution < 1.29 is 8.42 Å². The zero-order valence-electron chi connectivity index (χ0n) is 14.8. The number of sulfone groups is 1. The summed E-state index contributed by atoms with van der Waals surface area (Å²) < 4.78 is 29.2. The number of hydrogen-bond acceptors (Lipinski definition) is 4. The molecule has 3 heterocycles. The van der Waals surface area contributed by atoms with E-state index in [0.29, 0.717) is 11.2 Å². The van der Waals surface area contributed by atoms with Gasteiger partial charge in [0.1, 0.15) is 5.65 Å². The maximum Gasteiger partial charge on any atom is 0.253 e. The van der Waals surface area contributed by atoms with Crippen LogP contribution in [-0.2, 0) is 16.9 Å². The van der Waals surface area contributed by atoms with E-state index < -0.39 is 9.84 Å². The Balaban J connectivity index is 1.87. The first-order valence-electron chi connectivity index (χ1n) is 8.76. The molecule has 136 valence electrons. The van der Waals surface area contributed by atoms with Gasteiger partial charge in [-0.3, -0.25) is 9.20 Å². The predicted molar refractivity (Wildman–Crippen MR) is 100 cm³/mol. The lowest BCUT2D eigenvalue weighted by Gasteiger charge is -2.12. The SMILES string of the molecule is Cc1cc(-c2ccc3ncc(S(=O)(=O)C4CCCC4)n3c2)cn(C)c1=O. The quantitative estimate of drug-likeness (QED) is 0.710. The molecule has 1 aliphatic carbocycles. The van der Waals surface area contributed by atoms with Crippen LogP contribution >= 0.6 is 0 Å². The van der Waals surface area contributed by atoms with Crippen LogP contribution in [0.1, 0.15) is 31.2 Å². The second-order valence-electron chi connectivity index (χ2n) is 7.02. The van der Waals surface area contributed by atoms with Gasteiger partial charge in [-0.25, -0.2) is 13.4 Å². The van der Waals surface area contributed by atoms with Crippen molar-refractivity contribution in [1.29, 1.82) is 0 Å². The van der Waals surface area contributed by atoms with E-state index >= 15 is 0 Å². The molecule has 0 aliphatic heterocycles. The highest BCUT2D eigenvalue weighted by Crippen LogP contribution is 2.30. The van der Waals surface area contributed by atoms with Crippen molar-refractivity contribution in [3.8, 4) is 11.1 Å². The normalized spacial score (nSPS) is 15.8. The van der Waals surface area contributed by atoms with Crippen molar-refractivity contribution in [2.24, 2.45) is 7.05 Å². The molecule has 1 aliphatic rings. The summed E-state index contributed by atoms with van der Waals surface area (Å²) in [6.45, 7) is 1.78. The van der Waals surface area contributed by atoms with Gasteiger partial charge in [-0.15, -0.1) is 0 Å². The average Bonchev–Trinajstić information content (AvgIpc) is 3.28. The zero-order valence-corrected chi connectivity index (χ0v) is 15.7. The van der Waals surface area contributed by atoms with E-state index in [0.717, 1.165) is 36.8 Å². The molecule has 0 unspecified atom stereocenters. The third-order valence-electron chi connectivity index (χ3n) is 5.20. The Morgan fingerprint density at radius 2 is 1.85 bits per heavy atom. The molecule has 4 rings (SSSR count). The van der Waals surface area contributed by atoms with Gasteiger partial charge < -0.3 is 4.57 Å². The number of hydrogen-bond donors (Lipinski definition) is 0. The maximum absolute atomic E-state index is 13.0. The number of fused-ring (bicyclic) bond motifs is 1. The van der Waals surface area contributed by atoms with Gasteiger partial charge in [-0.2, -0.15) is 0 Å². The molecule has 0 saturated heterocycles. The second kappa shape index (κ2) is 6.09. The molecule has 1 saturated carbocycles. The molecule has 0 amide bonds. The van der Waals surface area contributed by atoms with Crippen molar-refractivity contribution in [3.63, 3.8) is 0 Å². The third kappa shape index (κ3) is 2.67. The highest BCUT2D eigenvalue weighted by Gasteiger charge is 2.32. The van der Waals surface area contributed by atoms with Crippen LogP contribution in [0.25, 0.3) is 16.8 Å². The summed E-state index contributed by atoms with van der Waals surface area (Å²) in [5.74, 6) is 0. The van der Waals surface area contributed by atoms with Crippen molar-refractivity contribution in [2.45, 2.75) is 42.9 Å². The molecule has 1 fully saturated rings. The number of nitrogens with zero attached hydrogens (tertiary/aromatic N) is 3. The topological polar surface area (TPSA) is 73.4 Å². The Hall–Kier alpha value is -2.41. The van der Waals surface area contributed by atoms with Gasteiger partial charge in [0.05, 0.1) is 11.4 Å². The molecule has 0 spiro atoms. The van der Waals surface area contributed by atoms with E-state index in [9.17, 15) is 13.2 Å². The van der Waals surface area contributed by atoms with Crippen LogP contribution in [0.15, 0.2) is 46.6 Å². The fraction of sp³-hybridized carbons (Fsp3) is 0.368. The Morgan fingerprint density at radius 3 is 2.54 bits per heavy atom. The largest absolute Gasteiger partial charge is 0.318 e. The van der Waals surface area contributed by atoms with Crippen LogP contribution in [-0.4, -0.2) is 27.6 Å². The molecule has 3 aromatic heterocycles. The summed E-state index contributed by atoms with van der Waals surface area (Å²) in [7, 11) is -1.69. The maximum atomic E-state index is 13.0. The summed E-state index contributed by atoms with van der Waals surface area (Å²) in [5, 5.41) is -0.0614. The van der Waals surface area contributed by atoms with E-state index in [1.54, 1.807) is 35.3 Å². The fourth-order valence-electron chi connectivity index (χ4n) is 3.74. The number of aromatic nitrogens is 3. The molecular formula is C19H21N3O3S. The molecule has 0 bridgehead atoms. The Morgan fingerprint density at radius 1 is 1.12 bits per heavy atom. The average molecular weight is 371 g/mol. The summed E-state index contributed by atoms with van der Waals surface area (Å²) in [6, 6.07) is 5.53. The van der Waals surface area contributed by atoms with Gasteiger partial charge in [0.2, 0.25) is 0 Å². The monoisotopic (exact) mass is 371 g/mol. The summed E-state index contributed by atoms with van der Waals surface area (Å²) in [4.78, 5) is 16.2. The van der Waals surface area contributed by atoms with Gasteiger partial charge in [0, 0.05) is 25.0 Å². The van der Waals surface area contributed by atoms with Crippen molar-refractivity contribution in [2.75, 3.05) is 0 Å². The lowest BCUT2D eigenvalue weighted by Crippen LogP contribution is -2.19. The number of imidazole rings is 1. The van der Waals surface area contributed by atoms with Crippen LogP contribution in [0.4, 0.5) is 0 Å². The summed E-state index contributed by atoms with van der Waals surface area (Å²) in [6.07, 6.45) is 8.37. The molecule has 0 radical (unpaired) electrons. The Kier molecular flexibility index (Phi) is 3.99. The molecule has 0 aromatic carbocycles. The van der Waals surface area contributed by atoms with Crippen LogP contribution in [0.2, 0.25) is 0 Å². The van der Waals surface area contributed by atoms with Crippen molar-refractivity contribution in [3.05, 3.63) is 52.7 Å². The summed E-state index contributed by atoms with van der Waals surface area (Å²) in [5.41, 5.74) is 2.92. The first-order valence-corrected chi connectivity index (χ1v) is 10.3. The van der Waals surface area contributed by atoms with E-state index in [4.69, 9.17) is 0 Å². The van der Waals surface area contributed by atoms with Gasteiger partial charge in [0.25, 0.3) is 5.56 Å². The molecule has 0 atom stereocenters. The standard InChI is InChI=1S/C19H21N3O3S/c1-13-9-15(11-21(2)19(13)23)14-7-8-17-20-10-18(22(17)12-14)26(24,25)16-5-3-4-6-16/h7-12,16H,3-6H2,1-2H3. The van der Waals surface area contributed by atoms with Crippen LogP contribution in [0.3, 0.4) is 0 Å². The lowest BCUT2D eigenvalue weighted by atomic mass is 10.1. The minimum atomic E-state index is -3.40. The van der Waals surface area contributed by atoms with Gasteiger partial charge in [-0.05, 0) is 49.1 Å². The zero-order chi connectivity index (χ0) is 18.5. The lowest BCUT2D eigenvalue weighted by molar-refractivity contribution is 0.574. The smallest absolute Gasteiger partial charge is 0.253 e. The van der Waals surface area contributed by atoms with Crippen LogP contribution in [0.5, 0.6) is 0 Å². The Bertz CT molecular complexity index is 1130. The van der Waals surface area contributed by atoms with Gasteiger partial charge in [0.15, 0.2) is 14.9 Å². The number of pyridine rings is 2. The first-order chi connectivity index (χ1) is 12.4. The highest BCUT2D eigenvalue weighted by molar-refractivity contribution is 7.92. The second-order valence-corrected chi connectivity index (χ2v) is 9.20. The van der Waals surface area contributed by atoms with E-state index in [1.807, 2.05) is 18.2 Å². The number of rotatable bonds is 3. The van der Waals surface area contributed by atoms with Crippen LogP contribution in [0, 0.1) is 6.92 Å². The molecule has 3 aromatic rings. The molecule has 26 heavy (non-hydrogen) atoms. The molecule has 7 heteroatoms. The Labute approximate surface area is 152 Å². The fourth-order valence-corrected chi connectivity index (χ4v) is 5.66. The third-order valence-corrected chi connectivity index (χ3v) is 7.43. The van der Waals surface area contributed by atoms with Crippen LogP contribution < -0.4 is 5.56 Å². The highest BCUT2D eigenvalue weighted by atomic mass is 32.2. The van der Waals surface area contributed by atoms with E-state index in [1.165, 1.54) is 6.20 Å².